The summed E-state index contributed by atoms with van der Waals surface area (Å²) in [5.74, 6) is 0. The minimum absolute atomic E-state index is 0. The summed E-state index contributed by atoms with van der Waals surface area (Å²) >= 11 is 0. The van der Waals surface area contributed by atoms with Crippen LogP contribution >= 0.6 is 12.4 Å². The molecule has 1 unspecified atom stereocenters. The van der Waals surface area contributed by atoms with Gasteiger partial charge in [-0.2, -0.15) is 4.31 Å². The van der Waals surface area contributed by atoms with Crippen LogP contribution in [-0.2, 0) is 20.0 Å². The predicted octanol–water partition coefficient (Wildman–Crippen LogP) is 0.779. The van der Waals surface area contributed by atoms with Crippen LogP contribution in [0.3, 0.4) is 0 Å². The first-order valence-corrected chi connectivity index (χ1v) is 10.5. The smallest absolute Gasteiger partial charge is 0.243 e. The molecule has 0 bridgehead atoms. The first-order valence-electron chi connectivity index (χ1n) is 7.59. The highest BCUT2D eigenvalue weighted by Crippen LogP contribution is 2.22. The number of hydrogen-bond acceptors (Lipinski definition) is 5. The predicted molar refractivity (Wildman–Crippen MR) is 95.4 cm³/mol. The summed E-state index contributed by atoms with van der Waals surface area (Å²) in [6, 6.07) is 5.26. The van der Waals surface area contributed by atoms with Gasteiger partial charge in [0.1, 0.15) is 0 Å². The van der Waals surface area contributed by atoms with E-state index in [2.05, 4.69) is 10.0 Å². The second-order valence-corrected chi connectivity index (χ2v) is 9.22. The first-order chi connectivity index (χ1) is 10.8. The molecule has 1 aromatic rings. The number of hydrogen-bond donors (Lipinski definition) is 2. The third-order valence-corrected chi connectivity index (χ3v) is 7.32. The van der Waals surface area contributed by atoms with E-state index in [1.165, 1.54) is 35.6 Å². The van der Waals surface area contributed by atoms with E-state index in [1.54, 1.807) is 0 Å². The largest absolute Gasteiger partial charge is 0.314 e. The lowest BCUT2D eigenvalue weighted by molar-refractivity contribution is 0.254. The second kappa shape index (κ2) is 8.59. The first kappa shape index (κ1) is 21.3. The summed E-state index contributed by atoms with van der Waals surface area (Å²) in [5.41, 5.74) is 0. The van der Waals surface area contributed by atoms with Crippen LogP contribution in [0.15, 0.2) is 34.1 Å². The molecule has 10 heteroatoms. The minimum atomic E-state index is -3.62. The molecule has 0 aliphatic carbocycles. The van der Waals surface area contributed by atoms with Gasteiger partial charge in [0, 0.05) is 25.7 Å². The topological polar surface area (TPSA) is 95.6 Å². The van der Waals surface area contributed by atoms with E-state index < -0.39 is 20.0 Å². The molecule has 0 radical (unpaired) electrons. The lowest BCUT2D eigenvalue weighted by atomic mass is 10.1. The number of halogens is 1. The van der Waals surface area contributed by atoms with Crippen LogP contribution in [0.25, 0.3) is 0 Å². The Morgan fingerprint density at radius 2 is 1.75 bits per heavy atom. The van der Waals surface area contributed by atoms with Gasteiger partial charge in [0.05, 0.1) is 9.79 Å². The molecular weight excluding hydrogens is 374 g/mol. The highest BCUT2D eigenvalue weighted by atomic mass is 35.5. The van der Waals surface area contributed by atoms with Crippen molar-refractivity contribution in [2.75, 3.05) is 26.7 Å². The molecule has 1 saturated heterocycles. The van der Waals surface area contributed by atoms with Crippen LogP contribution in [0.1, 0.15) is 19.8 Å². The van der Waals surface area contributed by atoms with Gasteiger partial charge in [-0.25, -0.2) is 21.6 Å². The van der Waals surface area contributed by atoms with Crippen molar-refractivity contribution in [1.82, 2.24) is 14.3 Å². The molecule has 1 aromatic carbocycles. The Morgan fingerprint density at radius 1 is 1.17 bits per heavy atom. The maximum Gasteiger partial charge on any atom is 0.243 e. The summed E-state index contributed by atoms with van der Waals surface area (Å²) in [4.78, 5) is 0.167. The Balaban J connectivity index is 0.00000288. The third-order valence-electron chi connectivity index (χ3n) is 3.93. The van der Waals surface area contributed by atoms with Crippen LogP contribution in [0.4, 0.5) is 0 Å². The van der Waals surface area contributed by atoms with Crippen molar-refractivity contribution >= 4 is 32.5 Å². The molecule has 1 heterocycles. The molecule has 0 spiro atoms. The fourth-order valence-corrected chi connectivity index (χ4v) is 5.07. The highest BCUT2D eigenvalue weighted by Gasteiger charge is 2.33. The van der Waals surface area contributed by atoms with E-state index in [9.17, 15) is 16.8 Å². The molecular formula is C14H24ClN3O4S2. The minimum Gasteiger partial charge on any atom is -0.314 e. The molecule has 1 aliphatic heterocycles. The van der Waals surface area contributed by atoms with E-state index >= 15 is 0 Å². The summed E-state index contributed by atoms with van der Waals surface area (Å²) in [6.07, 6.45) is 1.69. The van der Waals surface area contributed by atoms with Crippen molar-refractivity contribution in [3.8, 4) is 0 Å². The van der Waals surface area contributed by atoms with Crippen molar-refractivity contribution < 1.29 is 16.8 Å². The van der Waals surface area contributed by atoms with Crippen molar-refractivity contribution in [2.45, 2.75) is 35.6 Å². The van der Waals surface area contributed by atoms with Gasteiger partial charge >= 0.3 is 0 Å². The van der Waals surface area contributed by atoms with Crippen molar-refractivity contribution in [1.29, 1.82) is 0 Å². The Labute approximate surface area is 150 Å². The molecule has 138 valence electrons. The zero-order valence-corrected chi connectivity index (χ0v) is 16.2. The molecule has 1 fully saturated rings. The van der Waals surface area contributed by atoms with Crippen LogP contribution < -0.4 is 10.0 Å². The SMILES string of the molecule is CCCC1CNCCN1S(=O)(=O)c1ccc(S(=O)(=O)NC)cc1.Cl. The lowest BCUT2D eigenvalue weighted by Crippen LogP contribution is -2.53. The number of piperazine rings is 1. The molecule has 1 atom stereocenters. The van der Waals surface area contributed by atoms with Crippen molar-refractivity contribution in [3.63, 3.8) is 0 Å². The van der Waals surface area contributed by atoms with Crippen molar-refractivity contribution in [2.24, 2.45) is 0 Å². The highest BCUT2D eigenvalue weighted by molar-refractivity contribution is 7.89. The average Bonchev–Trinajstić information content (AvgIpc) is 2.55. The summed E-state index contributed by atoms with van der Waals surface area (Å²) in [7, 11) is -5.88. The van der Waals surface area contributed by atoms with Gasteiger partial charge < -0.3 is 5.32 Å². The van der Waals surface area contributed by atoms with Crippen LogP contribution in [-0.4, -0.2) is 53.9 Å². The van der Waals surface area contributed by atoms with Gasteiger partial charge in [0.2, 0.25) is 20.0 Å². The maximum atomic E-state index is 12.8. The van der Waals surface area contributed by atoms with Gasteiger partial charge in [-0.1, -0.05) is 13.3 Å². The molecule has 7 nitrogen and oxygen atoms in total. The molecule has 2 rings (SSSR count). The van der Waals surface area contributed by atoms with E-state index in [-0.39, 0.29) is 28.2 Å². The molecule has 0 aromatic heterocycles. The number of rotatable bonds is 6. The van der Waals surface area contributed by atoms with Gasteiger partial charge in [-0.3, -0.25) is 0 Å². The lowest BCUT2D eigenvalue weighted by Gasteiger charge is -2.35. The van der Waals surface area contributed by atoms with Gasteiger partial charge in [0.25, 0.3) is 0 Å². The maximum absolute atomic E-state index is 12.8. The molecule has 0 amide bonds. The Kier molecular flexibility index (Phi) is 7.64. The zero-order chi connectivity index (χ0) is 17.1. The number of nitrogens with one attached hydrogen (secondary N) is 2. The summed E-state index contributed by atoms with van der Waals surface area (Å²) in [6.45, 7) is 3.70. The van der Waals surface area contributed by atoms with Gasteiger partial charge in [-0.15, -0.1) is 12.4 Å². The number of nitrogens with zero attached hydrogens (tertiary/aromatic N) is 1. The average molecular weight is 398 g/mol. The standard InChI is InChI=1S/C14H23N3O4S2.ClH/c1-3-4-12-11-16-9-10-17(12)23(20,21)14-7-5-13(6-8-14)22(18,19)15-2;/h5-8,12,15-16H,3-4,9-11H2,1-2H3;1H. The summed E-state index contributed by atoms with van der Waals surface area (Å²) in [5, 5.41) is 3.22. The second-order valence-electron chi connectivity index (χ2n) is 5.44. The van der Waals surface area contributed by atoms with Gasteiger partial charge in [-0.05, 0) is 37.7 Å². The molecule has 2 N–H and O–H groups in total. The summed E-state index contributed by atoms with van der Waals surface area (Å²) < 4.78 is 52.8. The Hall–Kier alpha value is -0.710. The fraction of sp³-hybridized carbons (Fsp3) is 0.571. The van der Waals surface area contributed by atoms with Crippen LogP contribution in [0.2, 0.25) is 0 Å². The van der Waals surface area contributed by atoms with Crippen LogP contribution in [0.5, 0.6) is 0 Å². The van der Waals surface area contributed by atoms with Crippen molar-refractivity contribution in [3.05, 3.63) is 24.3 Å². The monoisotopic (exact) mass is 397 g/mol. The Morgan fingerprint density at radius 3 is 2.29 bits per heavy atom. The Bertz CT molecular complexity index is 734. The zero-order valence-electron chi connectivity index (χ0n) is 13.7. The molecule has 24 heavy (non-hydrogen) atoms. The fourth-order valence-electron chi connectivity index (χ4n) is 2.68. The van der Waals surface area contributed by atoms with E-state index in [1.807, 2.05) is 6.92 Å². The van der Waals surface area contributed by atoms with Crippen LogP contribution in [0, 0.1) is 0 Å². The normalized spacial score (nSPS) is 19.7. The number of sulfonamides is 2. The van der Waals surface area contributed by atoms with Gasteiger partial charge in [0.15, 0.2) is 0 Å². The van der Waals surface area contributed by atoms with E-state index in [0.29, 0.717) is 19.6 Å². The number of benzene rings is 1. The molecule has 1 aliphatic rings. The van der Waals surface area contributed by atoms with E-state index in [0.717, 1.165) is 12.8 Å². The molecule has 0 saturated carbocycles. The van der Waals surface area contributed by atoms with E-state index in [4.69, 9.17) is 0 Å². The third kappa shape index (κ3) is 4.47. The quantitative estimate of drug-likeness (QED) is 0.739.